The van der Waals surface area contributed by atoms with Crippen LogP contribution < -0.4 is 5.32 Å². The lowest BCUT2D eigenvalue weighted by Gasteiger charge is -2.37. The van der Waals surface area contributed by atoms with E-state index in [-0.39, 0.29) is 43.8 Å². The molecule has 0 unspecified atom stereocenters. The predicted octanol–water partition coefficient (Wildman–Crippen LogP) is 1.85. The largest absolute Gasteiger partial charge is 0.455 e. The number of aliphatic hydroxyl groups excluding tert-OH is 1. The molecule has 1 spiro atoms. The lowest BCUT2D eigenvalue weighted by molar-refractivity contribution is -0.160. The smallest absolute Gasteiger partial charge is 0.313 e. The van der Waals surface area contributed by atoms with Crippen molar-refractivity contribution in [3.63, 3.8) is 0 Å². The highest BCUT2D eigenvalue weighted by molar-refractivity contribution is 5.98. The number of amides is 3. The maximum absolute atomic E-state index is 14.5. The predicted molar refractivity (Wildman–Crippen MR) is 177 cm³/mol. The Morgan fingerprint density at radius 3 is 2.60 bits per heavy atom. The van der Waals surface area contributed by atoms with E-state index < -0.39 is 41.7 Å². The quantitative estimate of drug-likeness (QED) is 0.137. The number of ether oxygens (including phenoxy) is 3. The van der Waals surface area contributed by atoms with Crippen molar-refractivity contribution in [3.8, 4) is 0 Å². The highest BCUT2D eigenvalue weighted by Gasteiger charge is 2.75. The van der Waals surface area contributed by atoms with Crippen LogP contribution in [-0.2, 0) is 33.4 Å². The molecule has 262 valence electrons. The molecule has 0 radical (unpaired) electrons. The van der Waals surface area contributed by atoms with Gasteiger partial charge >= 0.3 is 5.97 Å². The van der Waals surface area contributed by atoms with Crippen LogP contribution in [0.1, 0.15) is 50.2 Å². The van der Waals surface area contributed by atoms with Crippen molar-refractivity contribution < 1.29 is 38.5 Å². The molecule has 12 heteroatoms. The molecule has 5 rings (SSSR count). The minimum absolute atomic E-state index is 0.0319. The second-order valence-corrected chi connectivity index (χ2v) is 13.0. The Labute approximate surface area is 283 Å². The summed E-state index contributed by atoms with van der Waals surface area (Å²) < 4.78 is 18.2. The SMILES string of the molecule is C=CCCC(=O)NC[C@@H](OC(=O)[C@@H]1[C@@H]2CC[C@]3(O2)[C@H](C(=O)N(CC=C)CCN2CCOCC2)N(CCCCO)C(=O)[C@@H]13)c1ccccc1. The first-order valence-corrected chi connectivity index (χ1v) is 17.3. The summed E-state index contributed by atoms with van der Waals surface area (Å²) in [5.41, 5.74) is -0.452. The number of nitrogens with zero attached hydrogens (tertiary/aromatic N) is 3. The molecule has 2 bridgehead atoms. The normalized spacial score (nSPS) is 26.9. The molecular formula is C36H50N4O8. The van der Waals surface area contributed by atoms with Crippen molar-refractivity contribution in [2.45, 2.75) is 62.4 Å². The van der Waals surface area contributed by atoms with E-state index >= 15 is 0 Å². The number of fused-ring (bicyclic) bond motifs is 1. The van der Waals surface area contributed by atoms with E-state index in [1.165, 1.54) is 0 Å². The van der Waals surface area contributed by atoms with Gasteiger partial charge in [-0.25, -0.2) is 0 Å². The second-order valence-electron chi connectivity index (χ2n) is 13.0. The Hall–Kier alpha value is -3.58. The fourth-order valence-electron chi connectivity index (χ4n) is 7.68. The fourth-order valence-corrected chi connectivity index (χ4v) is 7.68. The van der Waals surface area contributed by atoms with Crippen molar-refractivity contribution >= 4 is 23.7 Å². The fraction of sp³-hybridized carbons (Fsp3) is 0.611. The number of nitrogens with one attached hydrogen (secondary N) is 1. The van der Waals surface area contributed by atoms with Crippen molar-refractivity contribution in [2.24, 2.45) is 11.8 Å². The van der Waals surface area contributed by atoms with Crippen LogP contribution >= 0.6 is 0 Å². The average Bonchev–Trinajstić information content (AvgIpc) is 3.75. The molecule has 12 nitrogen and oxygen atoms in total. The van der Waals surface area contributed by atoms with E-state index in [1.54, 1.807) is 22.0 Å². The Morgan fingerprint density at radius 2 is 1.90 bits per heavy atom. The first kappa shape index (κ1) is 35.7. The van der Waals surface area contributed by atoms with Gasteiger partial charge in [-0.15, -0.1) is 13.2 Å². The molecule has 0 saturated carbocycles. The molecule has 1 aromatic rings. The molecule has 1 aromatic carbocycles. The van der Waals surface area contributed by atoms with E-state index in [1.807, 2.05) is 30.3 Å². The zero-order chi connectivity index (χ0) is 34.1. The highest BCUT2D eigenvalue weighted by Crippen LogP contribution is 2.59. The third-order valence-corrected chi connectivity index (χ3v) is 10.1. The minimum atomic E-state index is -1.17. The van der Waals surface area contributed by atoms with E-state index in [4.69, 9.17) is 14.2 Å². The van der Waals surface area contributed by atoms with Crippen LogP contribution in [0, 0.1) is 11.8 Å². The molecule has 48 heavy (non-hydrogen) atoms. The van der Waals surface area contributed by atoms with Gasteiger partial charge in [0.15, 0.2) is 0 Å². The third kappa shape index (κ3) is 7.67. The number of hydrogen-bond donors (Lipinski definition) is 2. The summed E-state index contributed by atoms with van der Waals surface area (Å²) in [5.74, 6) is -3.05. The van der Waals surface area contributed by atoms with Crippen LogP contribution in [0.3, 0.4) is 0 Å². The number of allylic oxidation sites excluding steroid dienone is 1. The van der Waals surface area contributed by atoms with Crippen molar-refractivity contribution in [1.82, 2.24) is 20.0 Å². The Kier molecular flexibility index (Phi) is 12.4. The van der Waals surface area contributed by atoms with E-state index in [9.17, 15) is 24.3 Å². The molecule has 4 aliphatic rings. The van der Waals surface area contributed by atoms with Gasteiger partial charge in [0.05, 0.1) is 37.7 Å². The molecule has 0 aromatic heterocycles. The van der Waals surface area contributed by atoms with Crippen LogP contribution in [0.5, 0.6) is 0 Å². The van der Waals surface area contributed by atoms with Gasteiger partial charge in [0.25, 0.3) is 0 Å². The number of morpholine rings is 1. The van der Waals surface area contributed by atoms with E-state index in [2.05, 4.69) is 23.4 Å². The van der Waals surface area contributed by atoms with Crippen molar-refractivity contribution in [3.05, 3.63) is 61.2 Å². The second kappa shape index (κ2) is 16.7. The summed E-state index contributed by atoms with van der Waals surface area (Å²) in [6.45, 7) is 12.1. The topological polar surface area (TPSA) is 138 Å². The van der Waals surface area contributed by atoms with Crippen LogP contribution in [0.4, 0.5) is 0 Å². The number of rotatable bonds is 18. The first-order valence-electron chi connectivity index (χ1n) is 17.3. The summed E-state index contributed by atoms with van der Waals surface area (Å²) in [6.07, 6.45) is 4.77. The zero-order valence-corrected chi connectivity index (χ0v) is 27.8. The van der Waals surface area contributed by atoms with Crippen LogP contribution in [0.15, 0.2) is 55.6 Å². The van der Waals surface area contributed by atoms with Gasteiger partial charge in [0.2, 0.25) is 17.7 Å². The van der Waals surface area contributed by atoms with Gasteiger partial charge in [-0.05, 0) is 37.7 Å². The number of esters is 1. The van der Waals surface area contributed by atoms with Crippen molar-refractivity contribution in [1.29, 1.82) is 0 Å². The number of aliphatic hydroxyl groups is 1. The summed E-state index contributed by atoms with van der Waals surface area (Å²) in [7, 11) is 0. The number of carbonyl (C=O) groups is 4. The maximum Gasteiger partial charge on any atom is 0.313 e. The summed E-state index contributed by atoms with van der Waals surface area (Å²) in [5, 5.41) is 12.3. The monoisotopic (exact) mass is 666 g/mol. The van der Waals surface area contributed by atoms with Crippen LogP contribution in [-0.4, -0.2) is 127 Å². The highest BCUT2D eigenvalue weighted by atomic mass is 16.6. The molecule has 6 atom stereocenters. The summed E-state index contributed by atoms with van der Waals surface area (Å²) in [4.78, 5) is 61.0. The summed E-state index contributed by atoms with van der Waals surface area (Å²) in [6, 6.07) is 8.28. The van der Waals surface area contributed by atoms with Gasteiger partial charge in [-0.1, -0.05) is 42.5 Å². The number of likely N-dealkylation sites (tertiary alicyclic amines) is 1. The molecule has 4 aliphatic heterocycles. The van der Waals surface area contributed by atoms with E-state index in [0.717, 1.165) is 13.1 Å². The Morgan fingerprint density at radius 1 is 1.12 bits per heavy atom. The number of unbranched alkanes of at least 4 members (excludes halogenated alkanes) is 1. The molecule has 4 saturated heterocycles. The number of benzene rings is 1. The van der Waals surface area contributed by atoms with Gasteiger partial charge in [-0.2, -0.15) is 0 Å². The lowest BCUT2D eigenvalue weighted by atomic mass is 9.70. The molecule has 0 aliphatic carbocycles. The van der Waals surface area contributed by atoms with Crippen LogP contribution in [0.2, 0.25) is 0 Å². The molecule has 2 N–H and O–H groups in total. The summed E-state index contributed by atoms with van der Waals surface area (Å²) >= 11 is 0. The number of hydrogen-bond acceptors (Lipinski definition) is 9. The average molecular weight is 667 g/mol. The van der Waals surface area contributed by atoms with Gasteiger partial charge in [0.1, 0.15) is 17.7 Å². The standard InChI is InChI=1S/C36H50N4O8/c1-3-5-13-29(42)37-25-28(26-11-7-6-8-12-26)47-35(45)30-27-14-15-36(48-27)31(30)33(43)40(17-9-10-22-41)32(36)34(44)39(16-4-2)19-18-38-20-23-46-24-21-38/h3-4,6-8,11-12,27-28,30-32,41H,1-2,5,9-10,13-25H2,(H,37,42)/t27-,28+,30+,31+,32-,36+/m0/s1. The Bertz CT molecular complexity index is 1300. The molecule has 3 amide bonds. The van der Waals surface area contributed by atoms with Crippen molar-refractivity contribution in [2.75, 3.05) is 65.6 Å². The zero-order valence-electron chi connectivity index (χ0n) is 27.8. The van der Waals surface area contributed by atoms with Gasteiger partial charge in [0, 0.05) is 52.3 Å². The molecule has 4 heterocycles. The van der Waals surface area contributed by atoms with Crippen LogP contribution in [0.25, 0.3) is 0 Å². The maximum atomic E-state index is 14.5. The van der Waals surface area contributed by atoms with Gasteiger partial charge in [-0.3, -0.25) is 24.1 Å². The number of carbonyl (C=O) groups excluding carboxylic acids is 4. The third-order valence-electron chi connectivity index (χ3n) is 10.1. The molecule has 4 fully saturated rings. The first-order chi connectivity index (χ1) is 23.3. The Balaban J connectivity index is 1.38. The lowest BCUT2D eigenvalue weighted by Crippen LogP contribution is -2.57. The van der Waals surface area contributed by atoms with Gasteiger partial charge < -0.3 is 34.4 Å². The minimum Gasteiger partial charge on any atom is -0.455 e. The van der Waals surface area contributed by atoms with E-state index in [0.29, 0.717) is 70.5 Å². The molecular weight excluding hydrogens is 616 g/mol.